The van der Waals surface area contributed by atoms with Gasteiger partial charge in [-0.25, -0.2) is 19.4 Å². The van der Waals surface area contributed by atoms with Crippen LogP contribution in [0.15, 0.2) is 144 Å². The first-order valence-electron chi connectivity index (χ1n) is 17.6. The molecular formula is C44H28N4O10. The number of imide groups is 2. The van der Waals surface area contributed by atoms with Gasteiger partial charge in [0.2, 0.25) is 0 Å². The third-order valence-corrected chi connectivity index (χ3v) is 9.40. The average Bonchev–Trinajstić information content (AvgIpc) is 3.66. The Bertz CT molecular complexity index is 2470. The van der Waals surface area contributed by atoms with Crippen molar-refractivity contribution in [2.24, 2.45) is 10.2 Å². The Balaban J connectivity index is 0.872. The van der Waals surface area contributed by atoms with Gasteiger partial charge in [0.05, 0.1) is 45.0 Å². The van der Waals surface area contributed by atoms with E-state index in [0.717, 1.165) is 9.80 Å². The number of phenols is 2. The van der Waals surface area contributed by atoms with E-state index in [1.807, 2.05) is 0 Å². The molecule has 58 heavy (non-hydrogen) atoms. The van der Waals surface area contributed by atoms with Crippen molar-refractivity contribution in [3.63, 3.8) is 0 Å². The van der Waals surface area contributed by atoms with E-state index in [1.165, 1.54) is 36.4 Å². The number of carbonyl (C=O) groups excluding carboxylic acids is 6. The van der Waals surface area contributed by atoms with Crippen LogP contribution in [0.2, 0.25) is 0 Å². The highest BCUT2D eigenvalue weighted by atomic mass is 16.5. The number of phenolic OH excluding ortho intramolecular Hbond substituents is 2. The topological polar surface area (TPSA) is 193 Å². The lowest BCUT2D eigenvalue weighted by atomic mass is 10.1. The Labute approximate surface area is 328 Å². The number of nitrogens with zero attached hydrogens (tertiary/aromatic N) is 4. The second-order valence-corrected chi connectivity index (χ2v) is 13.1. The van der Waals surface area contributed by atoms with Crippen molar-refractivity contribution >= 4 is 58.3 Å². The summed E-state index contributed by atoms with van der Waals surface area (Å²) in [7, 11) is 0. The molecule has 0 radical (unpaired) electrons. The number of anilines is 2. The van der Waals surface area contributed by atoms with E-state index in [9.17, 15) is 39.0 Å². The number of azo groups is 1. The smallest absolute Gasteiger partial charge is 0.342 e. The SMILES string of the molecule is O=C(OCc1ccc(N2C(=O)c3ccccc3C2=O)cc1)c1cc(/N=N/c2ccc(O)c(C(=O)OCc3ccc(N4C(=O)c5ccccc5C4=O)cc3)c2)ccc1O. The predicted molar refractivity (Wildman–Crippen MR) is 207 cm³/mol. The highest BCUT2D eigenvalue weighted by Crippen LogP contribution is 2.32. The number of carbonyl (C=O) groups is 6. The van der Waals surface area contributed by atoms with Crippen molar-refractivity contribution in [1.82, 2.24) is 0 Å². The van der Waals surface area contributed by atoms with Crippen LogP contribution in [0.3, 0.4) is 0 Å². The van der Waals surface area contributed by atoms with Gasteiger partial charge in [-0.3, -0.25) is 19.2 Å². The molecule has 2 heterocycles. The van der Waals surface area contributed by atoms with E-state index in [2.05, 4.69) is 10.2 Å². The van der Waals surface area contributed by atoms with Gasteiger partial charge in [0.25, 0.3) is 23.6 Å². The first kappa shape index (κ1) is 36.7. The highest BCUT2D eigenvalue weighted by molar-refractivity contribution is 6.35. The third kappa shape index (κ3) is 6.92. The molecule has 0 aromatic heterocycles. The van der Waals surface area contributed by atoms with E-state index >= 15 is 0 Å². The van der Waals surface area contributed by atoms with E-state index < -0.39 is 35.6 Å². The molecule has 284 valence electrons. The molecule has 2 aliphatic rings. The molecule has 0 atom stereocenters. The van der Waals surface area contributed by atoms with Crippen molar-refractivity contribution in [2.45, 2.75) is 13.2 Å². The minimum Gasteiger partial charge on any atom is -0.507 e. The Morgan fingerprint density at radius 1 is 0.466 bits per heavy atom. The van der Waals surface area contributed by atoms with Crippen LogP contribution in [-0.2, 0) is 22.7 Å². The van der Waals surface area contributed by atoms with Gasteiger partial charge in [0.15, 0.2) is 0 Å². The highest BCUT2D eigenvalue weighted by Gasteiger charge is 2.37. The fraction of sp³-hybridized carbons (Fsp3) is 0.0455. The van der Waals surface area contributed by atoms with Crippen LogP contribution in [0.4, 0.5) is 22.7 Å². The molecular weight excluding hydrogens is 745 g/mol. The van der Waals surface area contributed by atoms with E-state index in [-0.39, 0.29) is 47.2 Å². The van der Waals surface area contributed by atoms with Gasteiger partial charge in [0, 0.05) is 0 Å². The largest absolute Gasteiger partial charge is 0.507 e. The van der Waals surface area contributed by atoms with Crippen LogP contribution in [-0.4, -0.2) is 45.8 Å². The predicted octanol–water partition coefficient (Wildman–Crippen LogP) is 7.83. The summed E-state index contributed by atoms with van der Waals surface area (Å²) in [5, 5.41) is 29.0. The molecule has 0 bridgehead atoms. The molecule has 6 aromatic carbocycles. The van der Waals surface area contributed by atoms with Gasteiger partial charge >= 0.3 is 11.9 Å². The molecule has 4 amide bonds. The van der Waals surface area contributed by atoms with E-state index in [0.29, 0.717) is 44.8 Å². The molecule has 0 aliphatic carbocycles. The lowest BCUT2D eigenvalue weighted by Crippen LogP contribution is -2.29. The van der Waals surface area contributed by atoms with Gasteiger partial charge in [-0.1, -0.05) is 48.5 Å². The number of rotatable bonds is 10. The monoisotopic (exact) mass is 772 g/mol. The first-order chi connectivity index (χ1) is 28.1. The zero-order valence-corrected chi connectivity index (χ0v) is 30.1. The molecule has 14 nitrogen and oxygen atoms in total. The zero-order chi connectivity index (χ0) is 40.5. The third-order valence-electron chi connectivity index (χ3n) is 9.40. The number of hydrogen-bond donors (Lipinski definition) is 2. The molecule has 0 unspecified atom stereocenters. The minimum absolute atomic E-state index is 0.164. The van der Waals surface area contributed by atoms with Gasteiger partial charge in [-0.05, 0) is 96.1 Å². The fourth-order valence-electron chi connectivity index (χ4n) is 6.40. The number of aromatic hydroxyl groups is 2. The summed E-state index contributed by atoms with van der Waals surface area (Å²) < 4.78 is 10.8. The summed E-state index contributed by atoms with van der Waals surface area (Å²) >= 11 is 0. The number of esters is 2. The lowest BCUT2D eigenvalue weighted by Gasteiger charge is -2.14. The second-order valence-electron chi connectivity index (χ2n) is 13.1. The van der Waals surface area contributed by atoms with Crippen LogP contribution in [0.25, 0.3) is 0 Å². The van der Waals surface area contributed by atoms with Crippen molar-refractivity contribution in [2.75, 3.05) is 9.80 Å². The van der Waals surface area contributed by atoms with Crippen LogP contribution in [0.1, 0.15) is 73.3 Å². The van der Waals surface area contributed by atoms with Crippen molar-refractivity contribution < 1.29 is 48.5 Å². The number of fused-ring (bicyclic) bond motifs is 2. The quantitative estimate of drug-likeness (QED) is 0.0788. The Kier molecular flexibility index (Phi) is 9.56. The maximum atomic E-state index is 13.0. The van der Waals surface area contributed by atoms with Crippen LogP contribution in [0.5, 0.6) is 11.5 Å². The Morgan fingerprint density at radius 3 is 1.12 bits per heavy atom. The maximum absolute atomic E-state index is 13.0. The van der Waals surface area contributed by atoms with E-state index in [1.54, 1.807) is 97.1 Å². The van der Waals surface area contributed by atoms with Crippen LogP contribution < -0.4 is 9.80 Å². The van der Waals surface area contributed by atoms with Crippen molar-refractivity contribution in [3.05, 3.63) is 178 Å². The van der Waals surface area contributed by atoms with Crippen molar-refractivity contribution in [1.29, 1.82) is 0 Å². The molecule has 0 spiro atoms. The van der Waals surface area contributed by atoms with Gasteiger partial charge in [0.1, 0.15) is 35.8 Å². The second kappa shape index (κ2) is 15.1. The molecule has 6 aromatic rings. The molecule has 0 fully saturated rings. The lowest BCUT2D eigenvalue weighted by molar-refractivity contribution is 0.0460. The molecule has 2 N–H and O–H groups in total. The van der Waals surface area contributed by atoms with Gasteiger partial charge in [-0.2, -0.15) is 10.2 Å². The average molecular weight is 773 g/mol. The first-order valence-corrected chi connectivity index (χ1v) is 17.6. The summed E-state index contributed by atoms with van der Waals surface area (Å²) in [6, 6.07) is 33.7. The Hall–Kier alpha value is -8.26. The standard InChI is InChI=1S/C44H28N4O10/c49-37-19-13-27(21-35(37)43(55)57-23-25-9-15-29(16-10-25)47-39(51)31-5-1-2-6-32(31)40(47)52)45-46-28-14-20-38(50)36(22-28)44(56)58-24-26-11-17-30(18-12-26)48-41(53)33-7-3-4-8-34(33)42(48)54/h1-22,49-50H,23-24H2/b46-45+. The number of hydrogen-bond acceptors (Lipinski definition) is 12. The summed E-state index contributed by atoms with van der Waals surface area (Å²) in [6.45, 7) is -0.361. The number of benzene rings is 6. The van der Waals surface area contributed by atoms with Crippen molar-refractivity contribution in [3.8, 4) is 11.5 Å². The van der Waals surface area contributed by atoms with Gasteiger partial charge < -0.3 is 19.7 Å². The summed E-state index contributed by atoms with van der Waals surface area (Å²) in [4.78, 5) is 79.3. The molecule has 2 aliphatic heterocycles. The van der Waals surface area contributed by atoms with Crippen LogP contribution >= 0.6 is 0 Å². The fourth-order valence-corrected chi connectivity index (χ4v) is 6.40. The Morgan fingerprint density at radius 2 is 0.793 bits per heavy atom. The normalized spacial score (nSPS) is 13.2. The van der Waals surface area contributed by atoms with E-state index in [4.69, 9.17) is 9.47 Å². The molecule has 0 saturated heterocycles. The molecule has 8 rings (SSSR count). The summed E-state index contributed by atoms with van der Waals surface area (Å²) in [6.07, 6.45) is 0. The zero-order valence-electron chi connectivity index (χ0n) is 30.1. The molecule has 0 saturated carbocycles. The molecule has 14 heteroatoms. The number of amides is 4. The summed E-state index contributed by atoms with van der Waals surface area (Å²) in [5.41, 5.74) is 3.08. The minimum atomic E-state index is -0.855. The van der Waals surface area contributed by atoms with Gasteiger partial charge in [-0.15, -0.1) is 0 Å². The maximum Gasteiger partial charge on any atom is 0.342 e. The number of ether oxygens (including phenoxy) is 2. The van der Waals surface area contributed by atoms with Crippen LogP contribution in [0, 0.1) is 0 Å². The summed E-state index contributed by atoms with van der Waals surface area (Å²) in [5.74, 6) is -4.15.